The number of nitrogens with zero attached hydrogens (tertiary/aromatic N) is 1. The minimum absolute atomic E-state index is 0.176. The molecule has 0 bridgehead atoms. The van der Waals surface area contributed by atoms with E-state index in [1.165, 1.54) is 18.3 Å². The fourth-order valence-corrected chi connectivity index (χ4v) is 4.28. The van der Waals surface area contributed by atoms with Crippen molar-refractivity contribution in [3.63, 3.8) is 0 Å². The largest absolute Gasteiger partial charge is 0.456 e. The van der Waals surface area contributed by atoms with Gasteiger partial charge in [-0.15, -0.1) is 11.3 Å². The van der Waals surface area contributed by atoms with E-state index in [0.29, 0.717) is 17.8 Å². The molecule has 168 valence electrons. The van der Waals surface area contributed by atoms with Gasteiger partial charge in [0.1, 0.15) is 6.04 Å². The summed E-state index contributed by atoms with van der Waals surface area (Å²) < 4.78 is 5.26. The van der Waals surface area contributed by atoms with Gasteiger partial charge in [-0.05, 0) is 30.2 Å². The summed E-state index contributed by atoms with van der Waals surface area (Å²) in [7, 11) is 0. The normalized spacial score (nSPS) is 14.7. The second-order valence-corrected chi connectivity index (χ2v) is 8.73. The van der Waals surface area contributed by atoms with Crippen LogP contribution < -0.4 is 5.32 Å². The van der Waals surface area contributed by atoms with Crippen LogP contribution in [-0.2, 0) is 20.9 Å². The van der Waals surface area contributed by atoms with Crippen LogP contribution in [0, 0.1) is 5.92 Å². The van der Waals surface area contributed by atoms with Crippen molar-refractivity contribution in [2.75, 3.05) is 6.61 Å². The van der Waals surface area contributed by atoms with Gasteiger partial charge in [-0.3, -0.25) is 24.1 Å². The van der Waals surface area contributed by atoms with Gasteiger partial charge in [0.05, 0.1) is 22.5 Å². The highest BCUT2D eigenvalue weighted by molar-refractivity contribution is 7.14. The van der Waals surface area contributed by atoms with Crippen LogP contribution in [0.5, 0.6) is 0 Å². The minimum atomic E-state index is -1.13. The Hall–Kier alpha value is -3.33. The summed E-state index contributed by atoms with van der Waals surface area (Å²) in [5.74, 6) is -2.81. The first kappa shape index (κ1) is 23.3. The van der Waals surface area contributed by atoms with Crippen LogP contribution in [0.15, 0.2) is 36.4 Å². The molecule has 2 atom stereocenters. The Kier molecular flexibility index (Phi) is 7.19. The molecule has 32 heavy (non-hydrogen) atoms. The zero-order valence-electron chi connectivity index (χ0n) is 18.0. The third-order valence-electron chi connectivity index (χ3n) is 5.32. The average Bonchev–Trinajstić information content (AvgIpc) is 3.35. The first-order chi connectivity index (χ1) is 15.2. The number of thiophene rings is 1. The van der Waals surface area contributed by atoms with Gasteiger partial charge in [0.25, 0.3) is 11.8 Å². The number of ether oxygens (including phenoxy) is 1. The van der Waals surface area contributed by atoms with E-state index >= 15 is 0 Å². The number of esters is 1. The van der Waals surface area contributed by atoms with E-state index in [2.05, 4.69) is 5.32 Å². The van der Waals surface area contributed by atoms with Gasteiger partial charge in [-0.1, -0.05) is 32.4 Å². The molecule has 0 unspecified atom stereocenters. The van der Waals surface area contributed by atoms with Crippen molar-refractivity contribution in [1.29, 1.82) is 0 Å². The standard InChI is InChI=1S/C23H24N2O6S/c1-4-13(2)20(25-21(28)16-7-5-6-8-17(16)22(25)29)23(30)31-12-18(27)19-10-9-15(32-19)11-24-14(3)26/h5-10,13,20H,4,11-12H2,1-3H3,(H,24,26)/t13-,20-/m0/s1. The summed E-state index contributed by atoms with van der Waals surface area (Å²) in [6.45, 7) is 4.81. The molecule has 2 heterocycles. The Morgan fingerprint density at radius 1 is 1.06 bits per heavy atom. The van der Waals surface area contributed by atoms with Gasteiger partial charge in [-0.25, -0.2) is 4.79 Å². The predicted octanol–water partition coefficient (Wildman–Crippen LogP) is 2.82. The van der Waals surface area contributed by atoms with Gasteiger partial charge in [0.2, 0.25) is 11.7 Å². The second-order valence-electron chi connectivity index (χ2n) is 7.56. The third kappa shape index (κ3) is 4.77. The second kappa shape index (κ2) is 9.86. The molecule has 8 nitrogen and oxygen atoms in total. The maximum atomic E-state index is 12.9. The fourth-order valence-electron chi connectivity index (χ4n) is 3.40. The van der Waals surface area contributed by atoms with Crippen molar-refractivity contribution >= 4 is 40.8 Å². The van der Waals surface area contributed by atoms with Crippen LogP contribution in [0.1, 0.15) is 62.5 Å². The van der Waals surface area contributed by atoms with Crippen molar-refractivity contribution < 1.29 is 28.7 Å². The number of Topliss-reactive ketones (excluding diaryl/α,β-unsaturated/α-hetero) is 1. The molecule has 0 saturated heterocycles. The first-order valence-corrected chi connectivity index (χ1v) is 11.1. The predicted molar refractivity (Wildman–Crippen MR) is 117 cm³/mol. The van der Waals surface area contributed by atoms with E-state index in [9.17, 15) is 24.0 Å². The first-order valence-electron chi connectivity index (χ1n) is 10.2. The molecule has 3 rings (SSSR count). The number of amides is 3. The molecule has 1 aliphatic heterocycles. The number of hydrogen-bond donors (Lipinski definition) is 1. The molecule has 1 N–H and O–H groups in total. The Labute approximate surface area is 189 Å². The lowest BCUT2D eigenvalue weighted by Crippen LogP contribution is -2.49. The molecule has 0 radical (unpaired) electrons. The molecule has 1 aromatic heterocycles. The SMILES string of the molecule is CC[C@H](C)[C@@H](C(=O)OCC(=O)c1ccc(CNC(C)=O)s1)N1C(=O)c2ccccc2C1=O. The Bertz CT molecular complexity index is 1040. The minimum Gasteiger partial charge on any atom is -0.456 e. The van der Waals surface area contributed by atoms with Crippen LogP contribution in [-0.4, -0.2) is 47.0 Å². The molecule has 1 aliphatic rings. The number of ketones is 1. The van der Waals surface area contributed by atoms with E-state index in [0.717, 1.165) is 9.78 Å². The van der Waals surface area contributed by atoms with Crippen LogP contribution in [0.25, 0.3) is 0 Å². The number of carbonyl (C=O) groups is 5. The molecule has 0 spiro atoms. The number of imide groups is 1. The maximum Gasteiger partial charge on any atom is 0.330 e. The van der Waals surface area contributed by atoms with Crippen LogP contribution in [0.4, 0.5) is 0 Å². The molecule has 0 fully saturated rings. The van der Waals surface area contributed by atoms with Crippen molar-refractivity contribution in [2.45, 2.75) is 39.8 Å². The summed E-state index contributed by atoms with van der Waals surface area (Å²) in [5.41, 5.74) is 0.500. The summed E-state index contributed by atoms with van der Waals surface area (Å²) in [6, 6.07) is 8.61. The highest BCUT2D eigenvalue weighted by atomic mass is 32.1. The Morgan fingerprint density at radius 2 is 1.69 bits per heavy atom. The Balaban J connectivity index is 1.70. The fraction of sp³-hybridized carbons (Fsp3) is 0.348. The molecule has 0 aliphatic carbocycles. The summed E-state index contributed by atoms with van der Waals surface area (Å²) in [4.78, 5) is 64.3. The lowest BCUT2D eigenvalue weighted by molar-refractivity contribution is -0.149. The number of carbonyl (C=O) groups excluding carboxylic acids is 5. The molecule has 3 amide bonds. The summed E-state index contributed by atoms with van der Waals surface area (Å²) in [6.07, 6.45) is 0.526. The molecular formula is C23H24N2O6S. The smallest absolute Gasteiger partial charge is 0.330 e. The average molecular weight is 457 g/mol. The Morgan fingerprint density at radius 3 is 2.25 bits per heavy atom. The molecule has 2 aromatic rings. The number of fused-ring (bicyclic) bond motifs is 1. The third-order valence-corrected chi connectivity index (χ3v) is 6.45. The van der Waals surface area contributed by atoms with E-state index in [1.807, 2.05) is 6.92 Å². The maximum absolute atomic E-state index is 12.9. The van der Waals surface area contributed by atoms with Crippen LogP contribution in [0.2, 0.25) is 0 Å². The summed E-state index contributed by atoms with van der Waals surface area (Å²) >= 11 is 1.20. The lowest BCUT2D eigenvalue weighted by Gasteiger charge is -2.28. The van der Waals surface area contributed by atoms with Gasteiger partial charge in [-0.2, -0.15) is 0 Å². The van der Waals surface area contributed by atoms with Crippen molar-refractivity contribution in [3.05, 3.63) is 57.3 Å². The van der Waals surface area contributed by atoms with Crippen molar-refractivity contribution in [2.24, 2.45) is 5.92 Å². The molecule has 1 aromatic carbocycles. The number of hydrogen-bond acceptors (Lipinski definition) is 7. The van der Waals surface area contributed by atoms with E-state index in [1.54, 1.807) is 43.3 Å². The van der Waals surface area contributed by atoms with E-state index in [-0.39, 0.29) is 23.0 Å². The quantitative estimate of drug-likeness (QED) is 0.353. The van der Waals surface area contributed by atoms with Crippen molar-refractivity contribution in [3.8, 4) is 0 Å². The number of nitrogens with one attached hydrogen (secondary N) is 1. The highest BCUT2D eigenvalue weighted by Gasteiger charge is 2.45. The zero-order chi connectivity index (χ0) is 23.4. The van der Waals surface area contributed by atoms with Crippen LogP contribution in [0.3, 0.4) is 0 Å². The lowest BCUT2D eigenvalue weighted by atomic mass is 9.97. The highest BCUT2D eigenvalue weighted by Crippen LogP contribution is 2.29. The van der Waals surface area contributed by atoms with Gasteiger partial charge >= 0.3 is 5.97 Å². The molecular weight excluding hydrogens is 432 g/mol. The van der Waals surface area contributed by atoms with Gasteiger partial charge in [0, 0.05) is 11.8 Å². The summed E-state index contributed by atoms with van der Waals surface area (Å²) in [5, 5.41) is 2.65. The number of benzene rings is 1. The monoisotopic (exact) mass is 456 g/mol. The van der Waals surface area contributed by atoms with Gasteiger partial charge in [0.15, 0.2) is 6.61 Å². The topological polar surface area (TPSA) is 110 Å². The van der Waals surface area contributed by atoms with Gasteiger partial charge < -0.3 is 10.1 Å². The zero-order valence-corrected chi connectivity index (χ0v) is 18.9. The molecule has 9 heteroatoms. The van der Waals surface area contributed by atoms with Crippen LogP contribution >= 0.6 is 11.3 Å². The van der Waals surface area contributed by atoms with E-state index < -0.39 is 36.2 Å². The van der Waals surface area contributed by atoms with Crippen molar-refractivity contribution in [1.82, 2.24) is 10.2 Å². The number of rotatable bonds is 9. The van der Waals surface area contributed by atoms with E-state index in [4.69, 9.17) is 4.74 Å². The molecule has 0 saturated carbocycles.